The van der Waals surface area contributed by atoms with Crippen LogP contribution in [0.1, 0.15) is 65.7 Å². The standard InChI is InChI=1S/C22H32O4/c1-13-15-6-7-16-21(4)9-5-8-20(3,12-26-14(2)23)17(21)10-18(24)22(16,11-15)19(13)25/h15-18,24H,1,5-12H2,2-4H3/t15-,16+,17-,18+,20-,21+,22-/m1/s1. The van der Waals surface area contributed by atoms with Crippen molar-refractivity contribution >= 4 is 11.8 Å². The van der Waals surface area contributed by atoms with Gasteiger partial charge in [-0.1, -0.05) is 26.8 Å². The van der Waals surface area contributed by atoms with Crippen molar-refractivity contribution in [3.63, 3.8) is 0 Å². The molecule has 4 heteroatoms. The average Bonchev–Trinajstić information content (AvgIpc) is 2.77. The highest BCUT2D eigenvalue weighted by Crippen LogP contribution is 2.71. The van der Waals surface area contributed by atoms with Gasteiger partial charge in [0.2, 0.25) is 0 Å². The number of carbonyl (C=O) groups is 2. The Balaban J connectivity index is 1.74. The minimum absolute atomic E-state index is 0.0115. The summed E-state index contributed by atoms with van der Waals surface area (Å²) in [6.07, 6.45) is 6.04. The lowest BCUT2D eigenvalue weighted by Crippen LogP contribution is -2.64. The maximum absolute atomic E-state index is 13.2. The summed E-state index contributed by atoms with van der Waals surface area (Å²) in [6.45, 7) is 10.5. The Hall–Kier alpha value is -1.16. The molecule has 0 heterocycles. The highest BCUT2D eigenvalue weighted by molar-refractivity contribution is 6.03. The van der Waals surface area contributed by atoms with E-state index in [9.17, 15) is 14.7 Å². The maximum atomic E-state index is 13.2. The summed E-state index contributed by atoms with van der Waals surface area (Å²) in [7, 11) is 0. The van der Waals surface area contributed by atoms with E-state index >= 15 is 0 Å². The number of aliphatic hydroxyl groups is 1. The molecule has 7 atom stereocenters. The molecular formula is C22H32O4. The topological polar surface area (TPSA) is 63.6 Å². The third kappa shape index (κ3) is 2.17. The van der Waals surface area contributed by atoms with Crippen LogP contribution in [0.25, 0.3) is 0 Å². The lowest BCUT2D eigenvalue weighted by Gasteiger charge is -2.64. The molecule has 4 rings (SSSR count). The van der Waals surface area contributed by atoms with Crippen molar-refractivity contribution in [2.45, 2.75) is 71.8 Å². The minimum Gasteiger partial charge on any atom is -0.465 e. The van der Waals surface area contributed by atoms with E-state index in [0.717, 1.165) is 44.1 Å². The molecule has 0 aliphatic heterocycles. The molecule has 0 unspecified atom stereocenters. The summed E-state index contributed by atoms with van der Waals surface area (Å²) in [5.41, 5.74) is 0.0337. The number of rotatable bonds is 2. The van der Waals surface area contributed by atoms with E-state index in [1.807, 2.05) is 0 Å². The van der Waals surface area contributed by atoms with Crippen molar-refractivity contribution in [3.8, 4) is 0 Å². The Morgan fingerprint density at radius 2 is 2.00 bits per heavy atom. The summed E-state index contributed by atoms with van der Waals surface area (Å²) in [6, 6.07) is 0. The van der Waals surface area contributed by atoms with E-state index in [-0.39, 0.29) is 40.3 Å². The van der Waals surface area contributed by atoms with Gasteiger partial charge in [-0.15, -0.1) is 0 Å². The van der Waals surface area contributed by atoms with Gasteiger partial charge < -0.3 is 9.84 Å². The number of hydrogen-bond acceptors (Lipinski definition) is 4. The number of allylic oxidation sites excluding steroid dienone is 1. The largest absolute Gasteiger partial charge is 0.465 e. The first kappa shape index (κ1) is 18.2. The fourth-order valence-electron chi connectivity index (χ4n) is 7.61. The predicted molar refractivity (Wildman–Crippen MR) is 98.2 cm³/mol. The number of carbonyl (C=O) groups excluding carboxylic acids is 2. The van der Waals surface area contributed by atoms with E-state index < -0.39 is 11.5 Å². The lowest BCUT2D eigenvalue weighted by atomic mass is 9.40. The van der Waals surface area contributed by atoms with Crippen molar-refractivity contribution < 1.29 is 19.4 Å². The zero-order valence-electron chi connectivity index (χ0n) is 16.3. The Morgan fingerprint density at radius 3 is 2.69 bits per heavy atom. The molecule has 26 heavy (non-hydrogen) atoms. The highest BCUT2D eigenvalue weighted by atomic mass is 16.5. The van der Waals surface area contributed by atoms with Crippen LogP contribution in [0, 0.1) is 34.0 Å². The summed E-state index contributed by atoms with van der Waals surface area (Å²) in [5.74, 6) is 0.652. The molecule has 4 aliphatic carbocycles. The van der Waals surface area contributed by atoms with Crippen molar-refractivity contribution in [2.75, 3.05) is 6.61 Å². The highest BCUT2D eigenvalue weighted by Gasteiger charge is 2.70. The number of ether oxygens (including phenoxy) is 1. The minimum atomic E-state index is -0.606. The van der Waals surface area contributed by atoms with Gasteiger partial charge in [-0.05, 0) is 67.3 Å². The first-order valence-electron chi connectivity index (χ1n) is 10.2. The molecule has 0 saturated heterocycles. The fraction of sp³-hybridized carbons (Fsp3) is 0.818. The summed E-state index contributed by atoms with van der Waals surface area (Å²) in [4.78, 5) is 24.6. The molecule has 4 saturated carbocycles. The average molecular weight is 360 g/mol. The number of hydrogen-bond donors (Lipinski definition) is 1. The second-order valence-electron chi connectivity index (χ2n) is 10.0. The van der Waals surface area contributed by atoms with Crippen molar-refractivity contribution in [1.82, 2.24) is 0 Å². The van der Waals surface area contributed by atoms with Crippen LogP contribution >= 0.6 is 0 Å². The second-order valence-corrected chi connectivity index (χ2v) is 10.0. The van der Waals surface area contributed by atoms with Gasteiger partial charge in [-0.3, -0.25) is 9.59 Å². The summed E-state index contributed by atoms with van der Waals surface area (Å²) < 4.78 is 5.45. The predicted octanol–water partition coefficient (Wildman–Crippen LogP) is 3.67. The number of ketones is 1. The normalized spacial score (nSPS) is 50.2. The molecule has 144 valence electrons. The monoisotopic (exact) mass is 360 g/mol. The molecule has 2 bridgehead atoms. The van der Waals surface area contributed by atoms with Crippen LogP contribution in [-0.4, -0.2) is 29.6 Å². The van der Waals surface area contributed by atoms with E-state index in [2.05, 4.69) is 20.4 Å². The Morgan fingerprint density at radius 1 is 1.27 bits per heavy atom. The second kappa shape index (κ2) is 5.67. The van der Waals surface area contributed by atoms with Crippen LogP contribution in [-0.2, 0) is 14.3 Å². The summed E-state index contributed by atoms with van der Waals surface area (Å²) in [5, 5.41) is 11.3. The van der Waals surface area contributed by atoms with Gasteiger partial charge in [-0.25, -0.2) is 0 Å². The Labute approximate surface area is 156 Å². The van der Waals surface area contributed by atoms with Crippen molar-refractivity contribution in [1.29, 1.82) is 0 Å². The molecule has 0 aromatic rings. The molecular weight excluding hydrogens is 328 g/mol. The van der Waals surface area contributed by atoms with Crippen LogP contribution in [0.2, 0.25) is 0 Å². The fourth-order valence-corrected chi connectivity index (χ4v) is 7.61. The maximum Gasteiger partial charge on any atom is 0.302 e. The van der Waals surface area contributed by atoms with Gasteiger partial charge >= 0.3 is 5.97 Å². The smallest absolute Gasteiger partial charge is 0.302 e. The first-order chi connectivity index (χ1) is 12.1. The number of esters is 1. The van der Waals surface area contributed by atoms with E-state index in [1.165, 1.54) is 6.92 Å². The third-order valence-corrected chi connectivity index (χ3v) is 8.77. The number of Topliss-reactive ketones (excluding diaryl/α,β-unsaturated/α-hetero) is 1. The van der Waals surface area contributed by atoms with Gasteiger partial charge in [0, 0.05) is 12.3 Å². The first-order valence-corrected chi connectivity index (χ1v) is 10.2. The van der Waals surface area contributed by atoms with Crippen LogP contribution in [0.3, 0.4) is 0 Å². The van der Waals surface area contributed by atoms with E-state index in [0.29, 0.717) is 13.0 Å². The van der Waals surface area contributed by atoms with Gasteiger partial charge in [-0.2, -0.15) is 0 Å². The van der Waals surface area contributed by atoms with Gasteiger partial charge in [0.25, 0.3) is 0 Å². The third-order valence-electron chi connectivity index (χ3n) is 8.77. The Kier molecular flexibility index (Phi) is 3.97. The molecule has 0 amide bonds. The molecule has 1 N–H and O–H groups in total. The van der Waals surface area contributed by atoms with Gasteiger partial charge in [0.05, 0.1) is 18.1 Å². The molecule has 0 radical (unpaired) electrons. The van der Waals surface area contributed by atoms with Gasteiger partial charge in [0.1, 0.15) is 0 Å². The summed E-state index contributed by atoms with van der Waals surface area (Å²) >= 11 is 0. The molecule has 0 aromatic carbocycles. The van der Waals surface area contributed by atoms with Crippen molar-refractivity contribution in [2.24, 2.45) is 34.0 Å². The van der Waals surface area contributed by atoms with Gasteiger partial charge in [0.15, 0.2) is 5.78 Å². The zero-order chi connectivity index (χ0) is 18.9. The van der Waals surface area contributed by atoms with Crippen molar-refractivity contribution in [3.05, 3.63) is 12.2 Å². The zero-order valence-corrected chi connectivity index (χ0v) is 16.3. The van der Waals surface area contributed by atoms with Crippen LogP contribution in [0.5, 0.6) is 0 Å². The van der Waals surface area contributed by atoms with E-state index in [1.54, 1.807) is 0 Å². The molecule has 4 aliphatic rings. The molecule has 0 aromatic heterocycles. The van der Waals surface area contributed by atoms with E-state index in [4.69, 9.17) is 4.74 Å². The molecule has 4 nitrogen and oxygen atoms in total. The Bertz CT molecular complexity index is 669. The molecule has 1 spiro atoms. The lowest BCUT2D eigenvalue weighted by molar-refractivity contribution is -0.207. The van der Waals surface area contributed by atoms with Crippen LogP contribution in [0.15, 0.2) is 12.2 Å². The van der Waals surface area contributed by atoms with Crippen LogP contribution < -0.4 is 0 Å². The van der Waals surface area contributed by atoms with Crippen LogP contribution in [0.4, 0.5) is 0 Å². The number of fused-ring (bicyclic) bond motifs is 3. The quantitative estimate of drug-likeness (QED) is 0.603. The molecule has 4 fully saturated rings. The SMILES string of the molecule is C=C1C(=O)[C@]23C[C@H]1CC[C@H]2[C@]1(C)CCC[C@](C)(COC(C)=O)[C@H]1C[C@@H]3O. The number of aliphatic hydroxyl groups excluding tert-OH is 1.